The molecule has 0 fully saturated rings. The molecule has 1 aromatic rings. The lowest BCUT2D eigenvalue weighted by Gasteiger charge is -2.28. The van der Waals surface area contributed by atoms with Crippen LogP contribution in [0.2, 0.25) is 0 Å². The summed E-state index contributed by atoms with van der Waals surface area (Å²) < 4.78 is 9.78. The number of hydrogen-bond acceptors (Lipinski definition) is 6. The van der Waals surface area contributed by atoms with Gasteiger partial charge in [0.15, 0.2) is 0 Å². The summed E-state index contributed by atoms with van der Waals surface area (Å²) in [5.74, 6) is -1.19. The van der Waals surface area contributed by atoms with Crippen molar-refractivity contribution < 1.29 is 19.1 Å². The number of allylic oxidation sites excluding steroid dienone is 2. The Morgan fingerprint density at radius 1 is 1.12 bits per heavy atom. The lowest BCUT2D eigenvalue weighted by Crippen LogP contribution is -2.30. The van der Waals surface area contributed by atoms with Crippen LogP contribution in [0.25, 0.3) is 0 Å². The molecule has 0 bridgehead atoms. The molecule has 1 aromatic carbocycles. The smallest absolute Gasteiger partial charge is 0.355 e. The second-order valence-corrected chi connectivity index (χ2v) is 5.66. The Bertz CT molecular complexity index is 793. The van der Waals surface area contributed by atoms with Crippen molar-refractivity contribution in [3.05, 3.63) is 65.0 Å². The van der Waals surface area contributed by atoms with Crippen molar-refractivity contribution in [2.75, 3.05) is 25.7 Å². The lowest BCUT2D eigenvalue weighted by molar-refractivity contribution is -0.139. The van der Waals surface area contributed by atoms with Crippen molar-refractivity contribution in [2.45, 2.75) is 13.0 Å². The fourth-order valence-electron chi connectivity index (χ4n) is 3.07. The summed E-state index contributed by atoms with van der Waals surface area (Å²) in [6, 6.07) is 5.97. The predicted octanol–water partition coefficient (Wildman–Crippen LogP) is 1.82. The van der Waals surface area contributed by atoms with Gasteiger partial charge in [-0.3, -0.25) is 0 Å². The number of rotatable bonds is 3. The van der Waals surface area contributed by atoms with Gasteiger partial charge in [-0.2, -0.15) is 0 Å². The van der Waals surface area contributed by atoms with Crippen molar-refractivity contribution in [1.82, 2.24) is 5.32 Å². The largest absolute Gasteiger partial charge is 0.465 e. The number of carbonyl (C=O) groups is 2. The van der Waals surface area contributed by atoms with Gasteiger partial charge in [0.25, 0.3) is 0 Å². The van der Waals surface area contributed by atoms with Gasteiger partial charge in [-0.25, -0.2) is 9.59 Å². The third-order valence-electron chi connectivity index (χ3n) is 4.27. The molecular formula is C19H20N2O4. The van der Waals surface area contributed by atoms with E-state index < -0.39 is 11.9 Å². The summed E-state index contributed by atoms with van der Waals surface area (Å²) in [6.07, 6.45) is 7.70. The van der Waals surface area contributed by atoms with E-state index in [4.69, 9.17) is 9.47 Å². The van der Waals surface area contributed by atoms with Gasteiger partial charge in [0.05, 0.1) is 25.5 Å². The molecule has 2 heterocycles. The Morgan fingerprint density at radius 3 is 2.68 bits per heavy atom. The first-order chi connectivity index (χ1) is 12.2. The molecule has 0 amide bonds. The third kappa shape index (κ3) is 3.21. The van der Waals surface area contributed by atoms with E-state index in [2.05, 4.69) is 11.4 Å². The van der Waals surface area contributed by atoms with E-state index >= 15 is 0 Å². The first-order valence-corrected chi connectivity index (χ1v) is 8.04. The molecule has 0 saturated carbocycles. The zero-order valence-electron chi connectivity index (χ0n) is 14.2. The molecular weight excluding hydrogens is 320 g/mol. The standard InChI is InChI=1S/C19H20N2O4/c1-24-18(22)14-7-3-4-11-21(17(14)19(23)25-2)16-8-5-6-13-9-10-20-12-15(13)16/h3-8,11,20H,9-10,12H2,1-2H3. The summed E-state index contributed by atoms with van der Waals surface area (Å²) >= 11 is 0. The minimum absolute atomic E-state index is 0.137. The number of hydrogen-bond donors (Lipinski definition) is 1. The molecule has 0 radical (unpaired) electrons. The maximum Gasteiger partial charge on any atom is 0.355 e. The molecule has 0 saturated heterocycles. The second-order valence-electron chi connectivity index (χ2n) is 5.66. The number of benzene rings is 1. The van der Waals surface area contributed by atoms with Gasteiger partial charge in [0.1, 0.15) is 5.70 Å². The highest BCUT2D eigenvalue weighted by atomic mass is 16.5. The number of methoxy groups -OCH3 is 2. The quantitative estimate of drug-likeness (QED) is 0.847. The monoisotopic (exact) mass is 340 g/mol. The summed E-state index contributed by atoms with van der Waals surface area (Å²) in [5, 5.41) is 3.35. The highest BCUT2D eigenvalue weighted by molar-refractivity contribution is 6.05. The molecule has 3 rings (SSSR count). The minimum atomic E-state index is -0.599. The Kier molecular flexibility index (Phi) is 5.00. The van der Waals surface area contributed by atoms with Crippen LogP contribution in [0.15, 0.2) is 53.9 Å². The molecule has 1 N–H and O–H groups in total. The highest BCUT2D eigenvalue weighted by Crippen LogP contribution is 2.32. The van der Waals surface area contributed by atoms with Gasteiger partial charge < -0.3 is 19.7 Å². The van der Waals surface area contributed by atoms with Crippen molar-refractivity contribution in [3.63, 3.8) is 0 Å². The summed E-state index contributed by atoms with van der Waals surface area (Å²) in [7, 11) is 2.58. The van der Waals surface area contributed by atoms with Gasteiger partial charge in [0, 0.05) is 12.7 Å². The van der Waals surface area contributed by atoms with E-state index in [0.29, 0.717) is 6.54 Å². The number of nitrogens with one attached hydrogen (secondary N) is 1. The molecule has 0 aromatic heterocycles. The van der Waals surface area contributed by atoms with E-state index in [1.807, 2.05) is 12.1 Å². The molecule has 6 heteroatoms. The maximum absolute atomic E-state index is 12.5. The van der Waals surface area contributed by atoms with E-state index in [1.54, 1.807) is 29.3 Å². The average molecular weight is 340 g/mol. The number of anilines is 1. The van der Waals surface area contributed by atoms with E-state index in [9.17, 15) is 9.59 Å². The Morgan fingerprint density at radius 2 is 1.92 bits per heavy atom. The Hall–Kier alpha value is -2.86. The van der Waals surface area contributed by atoms with Crippen LogP contribution in [0.5, 0.6) is 0 Å². The van der Waals surface area contributed by atoms with Crippen LogP contribution in [0.3, 0.4) is 0 Å². The fourth-order valence-corrected chi connectivity index (χ4v) is 3.07. The topological polar surface area (TPSA) is 67.9 Å². The molecule has 0 spiro atoms. The molecule has 6 nitrogen and oxygen atoms in total. The third-order valence-corrected chi connectivity index (χ3v) is 4.27. The van der Waals surface area contributed by atoms with Gasteiger partial charge in [-0.1, -0.05) is 18.2 Å². The van der Waals surface area contributed by atoms with Crippen molar-refractivity contribution in [2.24, 2.45) is 0 Å². The van der Waals surface area contributed by atoms with Crippen LogP contribution >= 0.6 is 0 Å². The van der Waals surface area contributed by atoms with E-state index in [0.717, 1.165) is 24.2 Å². The van der Waals surface area contributed by atoms with Crippen LogP contribution in [0.4, 0.5) is 5.69 Å². The molecule has 2 aliphatic heterocycles. The minimum Gasteiger partial charge on any atom is -0.465 e. The molecule has 2 aliphatic rings. The fraction of sp³-hybridized carbons (Fsp3) is 0.263. The van der Waals surface area contributed by atoms with Crippen molar-refractivity contribution in [1.29, 1.82) is 0 Å². The number of nitrogens with zero attached hydrogens (tertiary/aromatic N) is 1. The van der Waals surface area contributed by atoms with Crippen LogP contribution in [-0.4, -0.2) is 32.7 Å². The van der Waals surface area contributed by atoms with E-state index in [1.165, 1.54) is 19.8 Å². The summed E-state index contributed by atoms with van der Waals surface area (Å²) in [6.45, 7) is 1.62. The van der Waals surface area contributed by atoms with Crippen molar-refractivity contribution >= 4 is 17.6 Å². The zero-order valence-corrected chi connectivity index (χ0v) is 14.2. The first kappa shape index (κ1) is 17.0. The molecule has 0 unspecified atom stereocenters. The average Bonchev–Trinajstić information content (AvgIpc) is 2.89. The number of carbonyl (C=O) groups excluding carboxylic acids is 2. The molecule has 0 aliphatic carbocycles. The molecule has 25 heavy (non-hydrogen) atoms. The second kappa shape index (κ2) is 7.36. The predicted molar refractivity (Wildman–Crippen MR) is 93.7 cm³/mol. The van der Waals surface area contributed by atoms with E-state index in [-0.39, 0.29) is 11.3 Å². The number of esters is 2. The zero-order chi connectivity index (χ0) is 17.8. The van der Waals surface area contributed by atoms with Crippen LogP contribution in [0.1, 0.15) is 11.1 Å². The summed E-state index contributed by atoms with van der Waals surface area (Å²) in [4.78, 5) is 26.4. The molecule has 130 valence electrons. The SMILES string of the molecule is COC(=O)C1=C(C(=O)OC)N(c2cccc3c2CNCC3)C=CC=C1. The number of ether oxygens (including phenoxy) is 2. The molecule has 0 atom stereocenters. The van der Waals surface area contributed by atoms with Gasteiger partial charge in [-0.15, -0.1) is 0 Å². The number of fused-ring (bicyclic) bond motifs is 1. The Balaban J connectivity index is 2.19. The van der Waals surface area contributed by atoms with Gasteiger partial charge in [0.2, 0.25) is 0 Å². The Labute approximate surface area is 146 Å². The van der Waals surface area contributed by atoms with Crippen LogP contribution in [-0.2, 0) is 32.0 Å². The van der Waals surface area contributed by atoms with Gasteiger partial charge >= 0.3 is 11.9 Å². The summed E-state index contributed by atoms with van der Waals surface area (Å²) in [5.41, 5.74) is 3.46. The lowest BCUT2D eigenvalue weighted by atomic mass is 9.98. The highest BCUT2D eigenvalue weighted by Gasteiger charge is 2.29. The van der Waals surface area contributed by atoms with Gasteiger partial charge in [-0.05, 0) is 42.3 Å². The first-order valence-electron chi connectivity index (χ1n) is 8.04. The van der Waals surface area contributed by atoms with Crippen LogP contribution in [0, 0.1) is 0 Å². The van der Waals surface area contributed by atoms with Crippen molar-refractivity contribution in [3.8, 4) is 0 Å². The normalized spacial score (nSPS) is 16.3. The maximum atomic E-state index is 12.5. The van der Waals surface area contributed by atoms with Crippen LogP contribution < -0.4 is 10.2 Å².